The molecule has 1 saturated heterocycles. The van der Waals surface area contributed by atoms with Gasteiger partial charge in [0, 0.05) is 12.6 Å². The lowest BCUT2D eigenvalue weighted by Crippen LogP contribution is -2.39. The second-order valence-electron chi connectivity index (χ2n) is 6.51. The van der Waals surface area contributed by atoms with Gasteiger partial charge in [0.2, 0.25) is 0 Å². The van der Waals surface area contributed by atoms with Crippen LogP contribution in [0.5, 0.6) is 0 Å². The molecule has 2 heterocycles. The molecule has 0 atom stereocenters. The van der Waals surface area contributed by atoms with Gasteiger partial charge in [0.15, 0.2) is 5.69 Å². The van der Waals surface area contributed by atoms with Gasteiger partial charge in [0.05, 0.1) is 12.2 Å². The molecule has 118 valence electrons. The standard InChI is InChI=1S/C15H27N5O/c1-11(2)9-19(12(3)4)15(21)14-10-20(18-17-14)13-5-7-16-8-6-13/h10-13,16H,5-9H2,1-4H3. The molecule has 0 aliphatic carbocycles. The SMILES string of the molecule is CC(C)CN(C(=O)c1cn(C2CCNCC2)nn1)C(C)C. The molecule has 1 amide bonds. The van der Waals surface area contributed by atoms with Crippen molar-refractivity contribution >= 4 is 5.91 Å². The minimum atomic E-state index is -0.0149. The molecule has 0 bridgehead atoms. The number of piperidine rings is 1. The summed E-state index contributed by atoms with van der Waals surface area (Å²) in [6.45, 7) is 11.1. The van der Waals surface area contributed by atoms with Gasteiger partial charge >= 0.3 is 0 Å². The number of nitrogens with zero attached hydrogens (tertiary/aromatic N) is 4. The Balaban J connectivity index is 2.09. The number of rotatable bonds is 5. The molecule has 1 fully saturated rings. The summed E-state index contributed by atoms with van der Waals surface area (Å²) in [7, 11) is 0. The molecule has 1 N–H and O–H groups in total. The van der Waals surface area contributed by atoms with E-state index in [1.807, 2.05) is 29.6 Å². The van der Waals surface area contributed by atoms with Crippen LogP contribution in [0.4, 0.5) is 0 Å². The van der Waals surface area contributed by atoms with Crippen molar-refractivity contribution in [3.63, 3.8) is 0 Å². The molecule has 1 aliphatic rings. The molecule has 6 nitrogen and oxygen atoms in total. The molecular weight excluding hydrogens is 266 g/mol. The Bertz CT molecular complexity index is 462. The van der Waals surface area contributed by atoms with E-state index in [4.69, 9.17) is 0 Å². The van der Waals surface area contributed by atoms with Crippen molar-refractivity contribution in [3.8, 4) is 0 Å². The maximum absolute atomic E-state index is 12.6. The Kier molecular flexibility index (Phi) is 5.33. The minimum Gasteiger partial charge on any atom is -0.335 e. The van der Waals surface area contributed by atoms with Gasteiger partial charge in [-0.1, -0.05) is 19.1 Å². The zero-order valence-electron chi connectivity index (χ0n) is 13.5. The third kappa shape index (κ3) is 4.03. The zero-order valence-corrected chi connectivity index (χ0v) is 13.5. The number of carbonyl (C=O) groups excluding carboxylic acids is 1. The molecule has 1 aromatic rings. The monoisotopic (exact) mass is 293 g/mol. The molecule has 0 spiro atoms. The molecular formula is C15H27N5O. The van der Waals surface area contributed by atoms with E-state index in [0.29, 0.717) is 17.7 Å². The van der Waals surface area contributed by atoms with Gasteiger partial charge in [-0.05, 0) is 45.7 Å². The number of aromatic nitrogens is 3. The number of nitrogens with one attached hydrogen (secondary N) is 1. The van der Waals surface area contributed by atoms with Crippen molar-refractivity contribution in [1.82, 2.24) is 25.2 Å². The van der Waals surface area contributed by atoms with E-state index >= 15 is 0 Å². The van der Waals surface area contributed by atoms with Crippen LogP contribution in [-0.4, -0.2) is 51.5 Å². The third-order valence-corrected chi connectivity index (χ3v) is 3.86. The van der Waals surface area contributed by atoms with Crippen molar-refractivity contribution in [3.05, 3.63) is 11.9 Å². The molecule has 1 aromatic heterocycles. The van der Waals surface area contributed by atoms with Crippen LogP contribution in [0.2, 0.25) is 0 Å². The quantitative estimate of drug-likeness (QED) is 0.897. The van der Waals surface area contributed by atoms with Crippen molar-refractivity contribution in [1.29, 1.82) is 0 Å². The van der Waals surface area contributed by atoms with Crippen molar-refractivity contribution in [2.75, 3.05) is 19.6 Å². The molecule has 0 aromatic carbocycles. The molecule has 0 unspecified atom stereocenters. The Morgan fingerprint density at radius 2 is 2.05 bits per heavy atom. The average Bonchev–Trinajstić information content (AvgIpc) is 2.94. The summed E-state index contributed by atoms with van der Waals surface area (Å²) in [4.78, 5) is 14.5. The highest BCUT2D eigenvalue weighted by Gasteiger charge is 2.24. The van der Waals surface area contributed by atoms with Gasteiger partial charge < -0.3 is 10.2 Å². The van der Waals surface area contributed by atoms with Crippen LogP contribution in [0, 0.1) is 5.92 Å². The molecule has 1 aliphatic heterocycles. The van der Waals surface area contributed by atoms with E-state index < -0.39 is 0 Å². The normalized spacial score (nSPS) is 16.7. The maximum Gasteiger partial charge on any atom is 0.276 e. The summed E-state index contributed by atoms with van der Waals surface area (Å²) in [6, 6.07) is 0.529. The topological polar surface area (TPSA) is 63.1 Å². The fraction of sp³-hybridized carbons (Fsp3) is 0.800. The van der Waals surface area contributed by atoms with Gasteiger partial charge in [0.1, 0.15) is 0 Å². The largest absolute Gasteiger partial charge is 0.335 e. The lowest BCUT2D eigenvalue weighted by atomic mass is 10.1. The fourth-order valence-corrected chi connectivity index (χ4v) is 2.69. The highest BCUT2D eigenvalue weighted by Crippen LogP contribution is 2.18. The summed E-state index contributed by atoms with van der Waals surface area (Å²) in [5, 5.41) is 11.6. The van der Waals surface area contributed by atoms with Crippen LogP contribution in [0.25, 0.3) is 0 Å². The first-order chi connectivity index (χ1) is 9.99. The predicted molar refractivity (Wildman–Crippen MR) is 82.2 cm³/mol. The van der Waals surface area contributed by atoms with Gasteiger partial charge in [-0.15, -0.1) is 5.10 Å². The number of hydrogen-bond donors (Lipinski definition) is 1. The van der Waals surface area contributed by atoms with Crippen LogP contribution in [-0.2, 0) is 0 Å². The Hall–Kier alpha value is -1.43. The second kappa shape index (κ2) is 7.02. The lowest BCUT2D eigenvalue weighted by Gasteiger charge is -2.27. The Labute approximate surface area is 126 Å². The maximum atomic E-state index is 12.6. The summed E-state index contributed by atoms with van der Waals surface area (Å²) >= 11 is 0. The van der Waals surface area contributed by atoms with E-state index in [1.54, 1.807) is 0 Å². The fourth-order valence-electron chi connectivity index (χ4n) is 2.69. The predicted octanol–water partition coefficient (Wildman–Crippen LogP) is 1.71. The summed E-state index contributed by atoms with van der Waals surface area (Å²) in [6.07, 6.45) is 3.89. The smallest absolute Gasteiger partial charge is 0.276 e. The van der Waals surface area contributed by atoms with Crippen LogP contribution in [0.15, 0.2) is 6.20 Å². The summed E-state index contributed by atoms with van der Waals surface area (Å²) in [5.41, 5.74) is 0.461. The minimum absolute atomic E-state index is 0.0149. The van der Waals surface area contributed by atoms with Crippen LogP contribution in [0.1, 0.15) is 57.1 Å². The zero-order chi connectivity index (χ0) is 15.4. The van der Waals surface area contributed by atoms with Gasteiger partial charge in [-0.25, -0.2) is 4.68 Å². The van der Waals surface area contributed by atoms with E-state index in [9.17, 15) is 4.79 Å². The van der Waals surface area contributed by atoms with E-state index in [0.717, 1.165) is 32.5 Å². The van der Waals surface area contributed by atoms with Crippen LogP contribution < -0.4 is 5.32 Å². The van der Waals surface area contributed by atoms with Crippen LogP contribution in [0.3, 0.4) is 0 Å². The van der Waals surface area contributed by atoms with Crippen molar-refractivity contribution in [2.45, 2.75) is 52.6 Å². The molecule has 0 radical (unpaired) electrons. The van der Waals surface area contributed by atoms with Gasteiger partial charge in [-0.3, -0.25) is 4.79 Å². The Morgan fingerprint density at radius 1 is 1.38 bits per heavy atom. The molecule has 6 heteroatoms. The first-order valence-corrected chi connectivity index (χ1v) is 7.92. The van der Waals surface area contributed by atoms with E-state index in [1.165, 1.54) is 0 Å². The number of hydrogen-bond acceptors (Lipinski definition) is 4. The second-order valence-corrected chi connectivity index (χ2v) is 6.51. The van der Waals surface area contributed by atoms with E-state index in [2.05, 4.69) is 29.5 Å². The highest BCUT2D eigenvalue weighted by molar-refractivity contribution is 5.92. The third-order valence-electron chi connectivity index (χ3n) is 3.86. The van der Waals surface area contributed by atoms with Crippen LogP contribution >= 0.6 is 0 Å². The lowest BCUT2D eigenvalue weighted by molar-refractivity contribution is 0.0675. The number of carbonyl (C=O) groups is 1. The van der Waals surface area contributed by atoms with Crippen molar-refractivity contribution < 1.29 is 4.79 Å². The first-order valence-electron chi connectivity index (χ1n) is 7.92. The van der Waals surface area contributed by atoms with Crippen molar-refractivity contribution in [2.24, 2.45) is 5.92 Å². The average molecular weight is 293 g/mol. The first kappa shape index (κ1) is 15.9. The van der Waals surface area contributed by atoms with Gasteiger partial charge in [0.25, 0.3) is 5.91 Å². The summed E-state index contributed by atoms with van der Waals surface area (Å²) in [5.74, 6) is 0.426. The number of amides is 1. The van der Waals surface area contributed by atoms with Gasteiger partial charge in [-0.2, -0.15) is 0 Å². The summed E-state index contributed by atoms with van der Waals surface area (Å²) < 4.78 is 1.86. The molecule has 2 rings (SSSR count). The molecule has 21 heavy (non-hydrogen) atoms. The Morgan fingerprint density at radius 3 is 2.62 bits per heavy atom. The van der Waals surface area contributed by atoms with E-state index in [-0.39, 0.29) is 11.9 Å². The highest BCUT2D eigenvalue weighted by atomic mass is 16.2. The molecule has 0 saturated carbocycles.